The van der Waals surface area contributed by atoms with Crippen LogP contribution in [-0.2, 0) is 14.8 Å². The van der Waals surface area contributed by atoms with E-state index in [1.807, 2.05) is 0 Å². The maximum atomic E-state index is 12.9. The fourth-order valence-corrected chi connectivity index (χ4v) is 4.01. The van der Waals surface area contributed by atoms with Crippen LogP contribution in [0.2, 0.25) is 5.02 Å². The van der Waals surface area contributed by atoms with Gasteiger partial charge in [-0.15, -0.1) is 0 Å². The topological polar surface area (TPSA) is 65.4 Å². The molecule has 0 amide bonds. The molecule has 0 radical (unpaired) electrons. The Balaban J connectivity index is 2.28. The number of aromatic nitrogens is 1. The van der Waals surface area contributed by atoms with Crippen molar-refractivity contribution in [3.63, 3.8) is 0 Å². The largest absolute Gasteiger partial charge is 0.462 e. The summed E-state index contributed by atoms with van der Waals surface area (Å²) in [5.74, 6) is -0.591. The van der Waals surface area contributed by atoms with Gasteiger partial charge in [-0.1, -0.05) is 29.8 Å². The maximum Gasteiger partial charge on any atom is 0.340 e. The molecule has 0 unspecified atom stereocenters. The number of ether oxygens (including phenoxy) is 1. The Morgan fingerprint density at radius 1 is 1.17 bits per heavy atom. The van der Waals surface area contributed by atoms with Gasteiger partial charge in [-0.05, 0) is 37.3 Å². The molecule has 0 aliphatic carbocycles. The zero-order chi connectivity index (χ0) is 17.3. The molecule has 24 heavy (non-hydrogen) atoms. The lowest BCUT2D eigenvalue weighted by atomic mass is 10.2. The van der Waals surface area contributed by atoms with E-state index in [1.54, 1.807) is 43.3 Å². The fraction of sp³-hybridized carbons (Fsp3) is 0.118. The van der Waals surface area contributed by atoms with Crippen molar-refractivity contribution in [2.75, 3.05) is 6.61 Å². The second kappa shape index (κ2) is 6.30. The number of hydrogen-bond acceptors (Lipinski definition) is 4. The lowest BCUT2D eigenvalue weighted by Gasteiger charge is -2.07. The maximum absolute atomic E-state index is 12.9. The first-order chi connectivity index (χ1) is 11.4. The summed E-state index contributed by atoms with van der Waals surface area (Å²) in [6.07, 6.45) is 1.28. The molecule has 1 heterocycles. The molecule has 0 spiro atoms. The monoisotopic (exact) mass is 363 g/mol. The third-order valence-corrected chi connectivity index (χ3v) is 5.45. The van der Waals surface area contributed by atoms with Crippen LogP contribution in [0.25, 0.3) is 10.9 Å². The molecule has 3 rings (SSSR count). The van der Waals surface area contributed by atoms with Crippen molar-refractivity contribution >= 4 is 38.5 Å². The molecule has 1 aromatic heterocycles. The van der Waals surface area contributed by atoms with Crippen LogP contribution in [0.15, 0.2) is 59.6 Å². The Morgan fingerprint density at radius 2 is 1.88 bits per heavy atom. The predicted octanol–water partition coefficient (Wildman–Crippen LogP) is 3.71. The van der Waals surface area contributed by atoms with Crippen molar-refractivity contribution in [1.29, 1.82) is 0 Å². The second-order valence-corrected chi connectivity index (χ2v) is 7.29. The van der Waals surface area contributed by atoms with Crippen LogP contribution in [-0.4, -0.2) is 25.0 Å². The summed E-state index contributed by atoms with van der Waals surface area (Å²) in [5.41, 5.74) is 0.528. The molecular formula is C17H14ClNO4S. The summed E-state index contributed by atoms with van der Waals surface area (Å²) in [4.78, 5) is 12.3. The Bertz CT molecular complexity index is 1010. The first-order valence-electron chi connectivity index (χ1n) is 7.23. The van der Waals surface area contributed by atoms with E-state index in [0.29, 0.717) is 15.9 Å². The number of fused-ring (bicyclic) bond motifs is 1. The molecule has 0 saturated carbocycles. The molecule has 3 aromatic rings. The summed E-state index contributed by atoms with van der Waals surface area (Å²) >= 11 is 6.00. The van der Waals surface area contributed by atoms with Crippen LogP contribution < -0.4 is 0 Å². The highest BCUT2D eigenvalue weighted by atomic mass is 35.5. The number of carbonyl (C=O) groups excluding carboxylic acids is 1. The molecule has 0 bridgehead atoms. The highest BCUT2D eigenvalue weighted by molar-refractivity contribution is 7.90. The SMILES string of the molecule is CCOC(=O)c1cn(S(=O)(=O)c2ccccc2)c2ccc(Cl)cc12. The van der Waals surface area contributed by atoms with Crippen LogP contribution in [0.1, 0.15) is 17.3 Å². The van der Waals surface area contributed by atoms with Gasteiger partial charge in [-0.2, -0.15) is 0 Å². The quantitative estimate of drug-likeness (QED) is 0.663. The van der Waals surface area contributed by atoms with E-state index in [2.05, 4.69) is 0 Å². The van der Waals surface area contributed by atoms with Gasteiger partial charge in [-0.3, -0.25) is 0 Å². The average Bonchev–Trinajstić information content (AvgIpc) is 2.95. The van der Waals surface area contributed by atoms with Gasteiger partial charge < -0.3 is 4.74 Å². The zero-order valence-electron chi connectivity index (χ0n) is 12.8. The minimum absolute atomic E-state index is 0.132. The van der Waals surface area contributed by atoms with Crippen molar-refractivity contribution in [3.8, 4) is 0 Å². The minimum atomic E-state index is -3.84. The van der Waals surface area contributed by atoms with Crippen LogP contribution in [0, 0.1) is 0 Å². The molecule has 124 valence electrons. The van der Waals surface area contributed by atoms with E-state index in [9.17, 15) is 13.2 Å². The van der Waals surface area contributed by atoms with E-state index < -0.39 is 16.0 Å². The first-order valence-corrected chi connectivity index (χ1v) is 9.05. The summed E-state index contributed by atoms with van der Waals surface area (Å²) in [7, 11) is -3.84. The molecular weight excluding hydrogens is 350 g/mol. The van der Waals surface area contributed by atoms with Crippen molar-refractivity contribution < 1.29 is 17.9 Å². The number of esters is 1. The Kier molecular flexibility index (Phi) is 4.34. The van der Waals surface area contributed by atoms with Gasteiger partial charge in [0.05, 0.1) is 22.6 Å². The lowest BCUT2D eigenvalue weighted by molar-refractivity contribution is 0.0528. The summed E-state index contributed by atoms with van der Waals surface area (Å²) in [5, 5.41) is 0.836. The molecule has 7 heteroatoms. The van der Waals surface area contributed by atoms with Gasteiger partial charge in [0.15, 0.2) is 0 Å². The van der Waals surface area contributed by atoms with Gasteiger partial charge in [0.1, 0.15) is 0 Å². The number of nitrogens with zero attached hydrogens (tertiary/aromatic N) is 1. The van der Waals surface area contributed by atoms with Gasteiger partial charge in [-0.25, -0.2) is 17.2 Å². The number of rotatable bonds is 4. The van der Waals surface area contributed by atoms with Crippen molar-refractivity contribution in [1.82, 2.24) is 3.97 Å². The van der Waals surface area contributed by atoms with E-state index in [1.165, 1.54) is 18.3 Å². The fourth-order valence-electron chi connectivity index (χ4n) is 2.45. The standard InChI is InChI=1S/C17H14ClNO4S/c1-2-23-17(20)15-11-19(16-9-8-12(18)10-14(15)16)24(21,22)13-6-4-3-5-7-13/h3-11H,2H2,1H3. The van der Waals surface area contributed by atoms with Crippen LogP contribution in [0.3, 0.4) is 0 Å². The van der Waals surface area contributed by atoms with E-state index >= 15 is 0 Å². The number of carbonyl (C=O) groups is 1. The van der Waals surface area contributed by atoms with Gasteiger partial charge in [0.2, 0.25) is 0 Å². The Hall–Kier alpha value is -2.31. The van der Waals surface area contributed by atoms with E-state index in [-0.39, 0.29) is 17.1 Å². The summed E-state index contributed by atoms with van der Waals surface area (Å²) < 4.78 is 31.9. The molecule has 5 nitrogen and oxygen atoms in total. The van der Waals surface area contributed by atoms with Gasteiger partial charge in [0.25, 0.3) is 10.0 Å². The molecule has 0 aliphatic rings. The highest BCUT2D eigenvalue weighted by Gasteiger charge is 2.24. The number of halogens is 1. The zero-order valence-corrected chi connectivity index (χ0v) is 14.3. The van der Waals surface area contributed by atoms with E-state index in [0.717, 1.165) is 3.97 Å². The van der Waals surface area contributed by atoms with Crippen molar-refractivity contribution in [3.05, 3.63) is 65.3 Å². The average molecular weight is 364 g/mol. The lowest BCUT2D eigenvalue weighted by Crippen LogP contribution is -2.12. The number of hydrogen-bond donors (Lipinski definition) is 0. The Morgan fingerprint density at radius 3 is 2.54 bits per heavy atom. The van der Waals surface area contributed by atoms with Crippen LogP contribution >= 0.6 is 11.6 Å². The Labute approximate surface area is 144 Å². The first kappa shape index (κ1) is 16.5. The van der Waals surface area contributed by atoms with Gasteiger partial charge >= 0.3 is 5.97 Å². The predicted molar refractivity (Wildman–Crippen MR) is 91.9 cm³/mol. The minimum Gasteiger partial charge on any atom is -0.462 e. The summed E-state index contributed by atoms with van der Waals surface area (Å²) in [6, 6.07) is 12.7. The molecule has 0 aliphatic heterocycles. The second-order valence-electron chi connectivity index (χ2n) is 5.04. The molecule has 0 fully saturated rings. The van der Waals surface area contributed by atoms with E-state index in [4.69, 9.17) is 16.3 Å². The molecule has 0 saturated heterocycles. The van der Waals surface area contributed by atoms with Crippen LogP contribution in [0.5, 0.6) is 0 Å². The normalized spacial score (nSPS) is 11.6. The third-order valence-electron chi connectivity index (χ3n) is 3.53. The highest BCUT2D eigenvalue weighted by Crippen LogP contribution is 2.29. The number of benzene rings is 2. The summed E-state index contributed by atoms with van der Waals surface area (Å²) in [6.45, 7) is 1.88. The smallest absolute Gasteiger partial charge is 0.340 e. The van der Waals surface area contributed by atoms with Crippen LogP contribution in [0.4, 0.5) is 0 Å². The third kappa shape index (κ3) is 2.79. The van der Waals surface area contributed by atoms with Gasteiger partial charge in [0, 0.05) is 16.6 Å². The molecule has 2 aromatic carbocycles. The van der Waals surface area contributed by atoms with Crippen molar-refractivity contribution in [2.24, 2.45) is 0 Å². The molecule has 0 atom stereocenters. The molecule has 0 N–H and O–H groups in total. The van der Waals surface area contributed by atoms with Crippen molar-refractivity contribution in [2.45, 2.75) is 11.8 Å².